The highest BCUT2D eigenvalue weighted by Crippen LogP contribution is 2.29. The van der Waals surface area contributed by atoms with Crippen LogP contribution in [0.3, 0.4) is 0 Å². The number of allylic oxidation sites excluding steroid dienone is 1. The lowest BCUT2D eigenvalue weighted by Gasteiger charge is -2.34. The maximum atomic E-state index is 12.8. The van der Waals surface area contributed by atoms with E-state index in [2.05, 4.69) is 46.0 Å². The average molecular weight is 377 g/mol. The molecule has 2 aromatic rings. The van der Waals surface area contributed by atoms with Gasteiger partial charge in [-0.1, -0.05) is 49.4 Å². The highest BCUT2D eigenvalue weighted by atomic mass is 16.1. The van der Waals surface area contributed by atoms with Crippen molar-refractivity contribution in [3.05, 3.63) is 58.9 Å². The first kappa shape index (κ1) is 18.8. The molecule has 5 nitrogen and oxygen atoms in total. The number of ketones is 1. The van der Waals surface area contributed by atoms with Crippen LogP contribution in [0.25, 0.3) is 6.08 Å². The van der Waals surface area contributed by atoms with E-state index in [0.717, 1.165) is 67.6 Å². The third kappa shape index (κ3) is 3.99. The van der Waals surface area contributed by atoms with E-state index in [4.69, 9.17) is 4.98 Å². The fraction of sp³-hybridized carbons (Fsp3) is 0.435. The molecule has 1 saturated heterocycles. The van der Waals surface area contributed by atoms with Gasteiger partial charge in [0, 0.05) is 32.6 Å². The predicted octanol–water partition coefficient (Wildman–Crippen LogP) is 3.39. The van der Waals surface area contributed by atoms with Crippen molar-refractivity contribution >= 4 is 17.8 Å². The molecule has 0 bridgehead atoms. The van der Waals surface area contributed by atoms with Gasteiger partial charge in [-0.3, -0.25) is 4.79 Å². The van der Waals surface area contributed by atoms with Crippen molar-refractivity contribution in [1.29, 1.82) is 0 Å². The first-order valence-electron chi connectivity index (χ1n) is 10.3. The quantitative estimate of drug-likeness (QED) is 0.819. The highest BCUT2D eigenvalue weighted by Gasteiger charge is 2.29. The zero-order chi connectivity index (χ0) is 19.5. The highest BCUT2D eigenvalue weighted by molar-refractivity contribution is 5.99. The Kier molecular flexibility index (Phi) is 5.53. The minimum atomic E-state index is 0.170. The number of hydrogen-bond acceptors (Lipinski definition) is 5. The third-order valence-electron chi connectivity index (χ3n) is 5.80. The molecule has 28 heavy (non-hydrogen) atoms. The molecule has 1 atom stereocenters. The van der Waals surface area contributed by atoms with Crippen LogP contribution in [-0.2, 0) is 6.42 Å². The molecule has 0 spiro atoms. The topological polar surface area (TPSA) is 49.3 Å². The Hall–Kier alpha value is -2.53. The first-order chi connectivity index (χ1) is 13.6. The number of aryl methyl sites for hydroxylation is 1. The Balaban J connectivity index is 1.54. The molecular weight excluding hydrogens is 348 g/mol. The predicted molar refractivity (Wildman–Crippen MR) is 113 cm³/mol. The van der Waals surface area contributed by atoms with Crippen molar-refractivity contribution in [3.63, 3.8) is 0 Å². The van der Waals surface area contributed by atoms with Gasteiger partial charge in [0.25, 0.3) is 0 Å². The van der Waals surface area contributed by atoms with Crippen LogP contribution in [0.1, 0.15) is 40.7 Å². The van der Waals surface area contributed by atoms with Gasteiger partial charge < -0.3 is 9.80 Å². The maximum Gasteiger partial charge on any atom is 0.225 e. The van der Waals surface area contributed by atoms with Crippen molar-refractivity contribution in [1.82, 2.24) is 14.9 Å². The lowest BCUT2D eigenvalue weighted by Crippen LogP contribution is -2.47. The molecule has 5 heteroatoms. The van der Waals surface area contributed by atoms with Crippen LogP contribution in [0.5, 0.6) is 0 Å². The number of hydrogen-bond donors (Lipinski definition) is 0. The molecule has 2 heterocycles. The summed E-state index contributed by atoms with van der Waals surface area (Å²) < 4.78 is 0. The Morgan fingerprint density at radius 3 is 2.54 bits per heavy atom. The molecule has 1 unspecified atom stereocenters. The number of nitrogens with zero attached hydrogens (tertiary/aromatic N) is 4. The number of likely N-dealkylation sites (N-methyl/N-ethyl adjacent to an activating group) is 1. The van der Waals surface area contributed by atoms with Crippen LogP contribution in [0.2, 0.25) is 0 Å². The zero-order valence-corrected chi connectivity index (χ0v) is 16.8. The van der Waals surface area contributed by atoms with Gasteiger partial charge in [0.05, 0.1) is 17.0 Å². The molecule has 0 amide bonds. The van der Waals surface area contributed by atoms with Crippen LogP contribution >= 0.6 is 0 Å². The number of carbonyl (C=O) groups excluding carboxylic acids is 1. The Morgan fingerprint density at radius 2 is 1.82 bits per heavy atom. The number of anilines is 1. The summed E-state index contributed by atoms with van der Waals surface area (Å²) in [6.07, 6.45) is 5.61. The van der Waals surface area contributed by atoms with Gasteiger partial charge in [-0.25, -0.2) is 9.97 Å². The van der Waals surface area contributed by atoms with E-state index < -0.39 is 0 Å². The van der Waals surface area contributed by atoms with Gasteiger partial charge >= 0.3 is 0 Å². The van der Waals surface area contributed by atoms with Crippen molar-refractivity contribution in [2.75, 3.05) is 37.6 Å². The van der Waals surface area contributed by atoms with Gasteiger partial charge in [0.1, 0.15) is 0 Å². The Morgan fingerprint density at radius 1 is 1.07 bits per heavy atom. The van der Waals surface area contributed by atoms with E-state index >= 15 is 0 Å². The average Bonchev–Trinajstić information content (AvgIpc) is 2.72. The van der Waals surface area contributed by atoms with Crippen LogP contribution in [0.15, 0.2) is 36.4 Å². The summed E-state index contributed by atoms with van der Waals surface area (Å²) in [5, 5.41) is 0. The van der Waals surface area contributed by atoms with Gasteiger partial charge in [0.15, 0.2) is 5.78 Å². The summed E-state index contributed by atoms with van der Waals surface area (Å²) in [6.45, 7) is 9.19. The maximum absolute atomic E-state index is 12.8. The molecule has 2 aliphatic rings. The van der Waals surface area contributed by atoms with Crippen LogP contribution in [0.4, 0.5) is 5.95 Å². The molecule has 0 radical (unpaired) electrons. The van der Waals surface area contributed by atoms with Gasteiger partial charge in [-0.05, 0) is 31.4 Å². The number of carbonyl (C=O) groups is 1. The third-order valence-corrected chi connectivity index (χ3v) is 5.80. The number of rotatable bonds is 4. The second kappa shape index (κ2) is 8.23. The van der Waals surface area contributed by atoms with Crippen molar-refractivity contribution in [2.45, 2.75) is 26.7 Å². The number of benzene rings is 1. The lowest BCUT2D eigenvalue weighted by molar-refractivity contribution is 0.0956. The number of fused-ring (bicyclic) bond motifs is 1. The van der Waals surface area contributed by atoms with E-state index in [0.29, 0.717) is 6.42 Å². The molecule has 1 aromatic heterocycles. The SMILES string of the molecule is CCN1CCN(c2nc(C)c3c(n2)CC(C=Cc2ccccc2)CC3=O)CC1. The van der Waals surface area contributed by atoms with E-state index in [1.54, 1.807) is 0 Å². The van der Waals surface area contributed by atoms with E-state index in [1.807, 2.05) is 25.1 Å². The number of Topliss-reactive ketones (excluding diaryl/α,β-unsaturated/α-hetero) is 1. The van der Waals surface area contributed by atoms with E-state index in [-0.39, 0.29) is 11.7 Å². The van der Waals surface area contributed by atoms with Crippen LogP contribution < -0.4 is 4.90 Å². The molecular formula is C23H28N4O. The summed E-state index contributed by atoms with van der Waals surface area (Å²) >= 11 is 0. The molecule has 0 saturated carbocycles. The number of aromatic nitrogens is 2. The molecule has 1 fully saturated rings. The second-order valence-corrected chi connectivity index (χ2v) is 7.71. The molecule has 1 aliphatic heterocycles. The van der Waals surface area contributed by atoms with Gasteiger partial charge in [0.2, 0.25) is 5.95 Å². The fourth-order valence-electron chi connectivity index (χ4n) is 4.14. The summed E-state index contributed by atoms with van der Waals surface area (Å²) in [5.74, 6) is 1.15. The van der Waals surface area contributed by atoms with E-state index in [1.165, 1.54) is 0 Å². The zero-order valence-electron chi connectivity index (χ0n) is 16.8. The normalized spacial score (nSPS) is 20.6. The van der Waals surface area contributed by atoms with Crippen LogP contribution in [-0.4, -0.2) is 53.4 Å². The molecule has 0 N–H and O–H groups in total. The smallest absolute Gasteiger partial charge is 0.225 e. The Labute approximate surface area is 167 Å². The van der Waals surface area contributed by atoms with E-state index in [9.17, 15) is 4.79 Å². The first-order valence-corrected chi connectivity index (χ1v) is 10.3. The largest absolute Gasteiger partial charge is 0.338 e. The molecule has 4 rings (SSSR count). The molecule has 1 aromatic carbocycles. The Bertz CT molecular complexity index is 870. The molecule has 1 aliphatic carbocycles. The standard InChI is InChI=1S/C23H28N4O/c1-3-26-11-13-27(14-12-26)23-24-17(2)22-20(25-23)15-19(16-21(22)28)10-9-18-7-5-4-6-8-18/h4-10,19H,3,11-16H2,1-2H3. The van der Waals surface area contributed by atoms with Crippen molar-refractivity contribution in [2.24, 2.45) is 5.92 Å². The lowest BCUT2D eigenvalue weighted by atomic mass is 9.85. The monoisotopic (exact) mass is 376 g/mol. The van der Waals surface area contributed by atoms with Gasteiger partial charge in [-0.2, -0.15) is 0 Å². The van der Waals surface area contributed by atoms with Gasteiger partial charge in [-0.15, -0.1) is 0 Å². The van der Waals surface area contributed by atoms with Crippen molar-refractivity contribution < 1.29 is 4.79 Å². The minimum absolute atomic E-state index is 0.170. The fourth-order valence-corrected chi connectivity index (χ4v) is 4.14. The summed E-state index contributed by atoms with van der Waals surface area (Å²) in [7, 11) is 0. The summed E-state index contributed by atoms with van der Waals surface area (Å²) in [4.78, 5) is 27.0. The second-order valence-electron chi connectivity index (χ2n) is 7.71. The van der Waals surface area contributed by atoms with Crippen LogP contribution in [0, 0.1) is 12.8 Å². The van der Waals surface area contributed by atoms with Crippen molar-refractivity contribution in [3.8, 4) is 0 Å². The summed E-state index contributed by atoms with van der Waals surface area (Å²) in [6, 6.07) is 10.2. The summed E-state index contributed by atoms with van der Waals surface area (Å²) in [5.41, 5.74) is 3.65. The number of piperazine rings is 1. The molecule has 146 valence electrons. The minimum Gasteiger partial charge on any atom is -0.338 e.